The van der Waals surface area contributed by atoms with Crippen LogP contribution in [0, 0.1) is 0 Å². The van der Waals surface area contributed by atoms with Crippen LogP contribution in [0.25, 0.3) is 10.8 Å². The Hall–Kier alpha value is -1.87. The first kappa shape index (κ1) is 12.6. The standard InChI is InChI=1S/C15H19N3/c1-4-9-18(3)15-14-8-6-5-7-12(14)10-13(17-15)11-16-2/h4-8,10,16H,1,9,11H2,2-3H3. The molecule has 0 atom stereocenters. The second-order valence-corrected chi connectivity index (χ2v) is 4.36. The van der Waals surface area contributed by atoms with Crippen molar-refractivity contribution < 1.29 is 0 Å². The van der Waals surface area contributed by atoms with Crippen molar-refractivity contribution in [3.8, 4) is 0 Å². The summed E-state index contributed by atoms with van der Waals surface area (Å²) >= 11 is 0. The Balaban J connectivity index is 2.56. The van der Waals surface area contributed by atoms with E-state index in [1.165, 1.54) is 10.8 Å². The van der Waals surface area contributed by atoms with Crippen molar-refractivity contribution in [3.63, 3.8) is 0 Å². The molecule has 1 heterocycles. The molecular formula is C15H19N3. The first-order valence-corrected chi connectivity index (χ1v) is 6.11. The second kappa shape index (κ2) is 5.65. The van der Waals surface area contributed by atoms with Crippen LogP contribution in [0.15, 0.2) is 43.0 Å². The summed E-state index contributed by atoms with van der Waals surface area (Å²) in [5.74, 6) is 1.01. The van der Waals surface area contributed by atoms with Gasteiger partial charge in [-0.05, 0) is 18.5 Å². The number of anilines is 1. The molecule has 2 rings (SSSR count). The fourth-order valence-corrected chi connectivity index (χ4v) is 2.08. The van der Waals surface area contributed by atoms with E-state index < -0.39 is 0 Å². The molecule has 0 saturated heterocycles. The molecule has 0 aliphatic rings. The average Bonchev–Trinajstić information content (AvgIpc) is 2.38. The number of pyridine rings is 1. The van der Waals surface area contributed by atoms with Crippen LogP contribution in [-0.4, -0.2) is 25.6 Å². The van der Waals surface area contributed by atoms with Crippen LogP contribution < -0.4 is 10.2 Å². The van der Waals surface area contributed by atoms with E-state index in [1.54, 1.807) is 0 Å². The molecule has 0 spiro atoms. The Morgan fingerprint density at radius 1 is 1.39 bits per heavy atom. The lowest BCUT2D eigenvalue weighted by Crippen LogP contribution is -2.19. The number of aromatic nitrogens is 1. The largest absolute Gasteiger partial charge is 0.355 e. The lowest BCUT2D eigenvalue weighted by atomic mass is 10.1. The fraction of sp³-hybridized carbons (Fsp3) is 0.267. The van der Waals surface area contributed by atoms with Gasteiger partial charge in [-0.15, -0.1) is 6.58 Å². The van der Waals surface area contributed by atoms with Crippen molar-refractivity contribution in [1.29, 1.82) is 0 Å². The summed E-state index contributed by atoms with van der Waals surface area (Å²) in [4.78, 5) is 6.84. The topological polar surface area (TPSA) is 28.2 Å². The van der Waals surface area contributed by atoms with E-state index in [0.29, 0.717) is 0 Å². The number of hydrogen-bond acceptors (Lipinski definition) is 3. The van der Waals surface area contributed by atoms with Crippen molar-refractivity contribution in [2.24, 2.45) is 0 Å². The van der Waals surface area contributed by atoms with E-state index in [1.807, 2.05) is 26.2 Å². The van der Waals surface area contributed by atoms with E-state index in [0.717, 1.165) is 24.6 Å². The van der Waals surface area contributed by atoms with E-state index in [4.69, 9.17) is 4.98 Å². The van der Waals surface area contributed by atoms with E-state index in [-0.39, 0.29) is 0 Å². The maximum atomic E-state index is 4.72. The summed E-state index contributed by atoms with van der Waals surface area (Å²) in [6.07, 6.45) is 1.89. The Labute approximate surface area is 108 Å². The molecule has 0 saturated carbocycles. The summed E-state index contributed by atoms with van der Waals surface area (Å²) in [5.41, 5.74) is 1.06. The van der Waals surface area contributed by atoms with Crippen molar-refractivity contribution in [2.75, 3.05) is 25.5 Å². The number of likely N-dealkylation sites (N-methyl/N-ethyl adjacent to an activating group) is 1. The predicted molar refractivity (Wildman–Crippen MR) is 78.0 cm³/mol. The van der Waals surface area contributed by atoms with Crippen LogP contribution in [0.2, 0.25) is 0 Å². The Morgan fingerprint density at radius 3 is 2.89 bits per heavy atom. The molecule has 1 aromatic carbocycles. The number of hydrogen-bond donors (Lipinski definition) is 1. The van der Waals surface area contributed by atoms with Gasteiger partial charge in [-0.25, -0.2) is 4.98 Å². The van der Waals surface area contributed by atoms with Crippen molar-refractivity contribution in [1.82, 2.24) is 10.3 Å². The van der Waals surface area contributed by atoms with Crippen LogP contribution in [-0.2, 0) is 6.54 Å². The fourth-order valence-electron chi connectivity index (χ4n) is 2.08. The van der Waals surface area contributed by atoms with Gasteiger partial charge in [0.1, 0.15) is 5.82 Å². The van der Waals surface area contributed by atoms with E-state index in [2.05, 4.69) is 41.1 Å². The van der Waals surface area contributed by atoms with E-state index in [9.17, 15) is 0 Å². The van der Waals surface area contributed by atoms with Crippen LogP contribution in [0.4, 0.5) is 5.82 Å². The molecule has 0 fully saturated rings. The molecule has 18 heavy (non-hydrogen) atoms. The maximum absolute atomic E-state index is 4.72. The van der Waals surface area contributed by atoms with Crippen molar-refractivity contribution >= 4 is 16.6 Å². The monoisotopic (exact) mass is 241 g/mol. The minimum Gasteiger partial charge on any atom is -0.355 e. The predicted octanol–water partition coefficient (Wildman–Crippen LogP) is 2.58. The number of fused-ring (bicyclic) bond motifs is 1. The zero-order valence-electron chi connectivity index (χ0n) is 11.0. The first-order chi connectivity index (χ1) is 8.76. The minimum atomic E-state index is 0.778. The van der Waals surface area contributed by atoms with Gasteiger partial charge in [0.05, 0.1) is 5.69 Å². The van der Waals surface area contributed by atoms with Gasteiger partial charge in [0.15, 0.2) is 0 Å². The molecule has 0 bridgehead atoms. The number of rotatable bonds is 5. The molecular weight excluding hydrogens is 222 g/mol. The van der Waals surface area contributed by atoms with Gasteiger partial charge in [0.25, 0.3) is 0 Å². The molecule has 3 heteroatoms. The van der Waals surface area contributed by atoms with Gasteiger partial charge < -0.3 is 10.2 Å². The van der Waals surface area contributed by atoms with Gasteiger partial charge in [0.2, 0.25) is 0 Å². The highest BCUT2D eigenvalue weighted by atomic mass is 15.2. The normalized spacial score (nSPS) is 10.6. The van der Waals surface area contributed by atoms with Gasteiger partial charge >= 0.3 is 0 Å². The third-order valence-corrected chi connectivity index (χ3v) is 2.90. The van der Waals surface area contributed by atoms with Crippen LogP contribution in [0.3, 0.4) is 0 Å². The number of benzene rings is 1. The molecule has 2 aromatic rings. The zero-order chi connectivity index (χ0) is 13.0. The SMILES string of the molecule is C=CCN(C)c1nc(CNC)cc2ccccc12. The van der Waals surface area contributed by atoms with Gasteiger partial charge in [0, 0.05) is 25.5 Å². The molecule has 1 aromatic heterocycles. The lowest BCUT2D eigenvalue weighted by Gasteiger charge is -2.19. The molecule has 94 valence electrons. The Kier molecular flexibility index (Phi) is 3.95. The molecule has 1 N–H and O–H groups in total. The highest BCUT2D eigenvalue weighted by molar-refractivity contribution is 5.92. The molecule has 0 amide bonds. The summed E-state index contributed by atoms with van der Waals surface area (Å²) in [6.45, 7) is 5.35. The van der Waals surface area contributed by atoms with Crippen molar-refractivity contribution in [2.45, 2.75) is 6.54 Å². The third kappa shape index (κ3) is 2.51. The zero-order valence-corrected chi connectivity index (χ0v) is 11.0. The molecule has 0 unspecified atom stereocenters. The summed E-state index contributed by atoms with van der Waals surface area (Å²) in [6, 6.07) is 10.5. The molecule has 0 aliphatic carbocycles. The highest BCUT2D eigenvalue weighted by Crippen LogP contribution is 2.24. The maximum Gasteiger partial charge on any atom is 0.136 e. The summed E-state index contributed by atoms with van der Waals surface area (Å²) in [7, 11) is 3.98. The molecule has 0 radical (unpaired) electrons. The first-order valence-electron chi connectivity index (χ1n) is 6.11. The summed E-state index contributed by atoms with van der Waals surface area (Å²) < 4.78 is 0. The minimum absolute atomic E-state index is 0.778. The second-order valence-electron chi connectivity index (χ2n) is 4.36. The van der Waals surface area contributed by atoms with Crippen LogP contribution in [0.1, 0.15) is 5.69 Å². The lowest BCUT2D eigenvalue weighted by molar-refractivity contribution is 0.790. The number of nitrogens with zero attached hydrogens (tertiary/aromatic N) is 2. The Morgan fingerprint density at radius 2 is 2.17 bits per heavy atom. The summed E-state index contributed by atoms with van der Waals surface area (Å²) in [5, 5.41) is 5.55. The van der Waals surface area contributed by atoms with Crippen LogP contribution in [0.5, 0.6) is 0 Å². The van der Waals surface area contributed by atoms with Crippen LogP contribution >= 0.6 is 0 Å². The number of nitrogens with one attached hydrogen (secondary N) is 1. The average molecular weight is 241 g/mol. The van der Waals surface area contributed by atoms with E-state index >= 15 is 0 Å². The third-order valence-electron chi connectivity index (χ3n) is 2.90. The molecule has 3 nitrogen and oxygen atoms in total. The van der Waals surface area contributed by atoms with Gasteiger partial charge in [-0.1, -0.05) is 30.3 Å². The van der Waals surface area contributed by atoms with Crippen molar-refractivity contribution in [3.05, 3.63) is 48.7 Å². The van der Waals surface area contributed by atoms with Gasteiger partial charge in [-0.2, -0.15) is 0 Å². The van der Waals surface area contributed by atoms with Gasteiger partial charge in [-0.3, -0.25) is 0 Å². The smallest absolute Gasteiger partial charge is 0.136 e. The Bertz CT molecular complexity index is 548. The quantitative estimate of drug-likeness (QED) is 0.815. The molecule has 0 aliphatic heterocycles. The highest BCUT2D eigenvalue weighted by Gasteiger charge is 2.08.